The van der Waals surface area contributed by atoms with E-state index in [1.54, 1.807) is 40.9 Å². The van der Waals surface area contributed by atoms with Crippen molar-refractivity contribution in [2.75, 3.05) is 41.1 Å². The van der Waals surface area contributed by atoms with Crippen molar-refractivity contribution >= 4 is 35.2 Å². The van der Waals surface area contributed by atoms with Crippen LogP contribution in [-0.2, 0) is 57.2 Å². The first-order valence-electron chi connectivity index (χ1n) is 26.4. The van der Waals surface area contributed by atoms with Crippen LogP contribution in [0.3, 0.4) is 0 Å². The van der Waals surface area contributed by atoms with Crippen LogP contribution in [0.2, 0.25) is 0 Å². The molecule has 0 aromatic rings. The number of hydrogen-bond donors (Lipinski definition) is 4. The van der Waals surface area contributed by atoms with E-state index in [2.05, 4.69) is 0 Å². The summed E-state index contributed by atoms with van der Waals surface area (Å²) in [4.78, 5) is 85.4. The summed E-state index contributed by atoms with van der Waals surface area (Å²) in [5, 5.41) is 43.1. The molecule has 0 spiro atoms. The topological polar surface area (TPSA) is 242 Å². The maximum atomic E-state index is 14.5. The third-order valence-corrected chi connectivity index (χ3v) is 15.9. The summed E-state index contributed by atoms with van der Waals surface area (Å²) in [6.45, 7) is 12.7. The Morgan fingerprint density at radius 3 is 2.22 bits per heavy atom. The number of cyclic esters (lactones) is 1. The number of ether oxygens (including phenoxy) is 6. The highest BCUT2D eigenvalue weighted by atomic mass is 16.6. The maximum Gasteiger partial charge on any atom is 0.329 e. The van der Waals surface area contributed by atoms with E-state index in [0.717, 1.165) is 10.5 Å². The summed E-state index contributed by atoms with van der Waals surface area (Å²) in [6.07, 6.45) is 9.81. The van der Waals surface area contributed by atoms with Crippen molar-refractivity contribution < 1.29 is 77.6 Å². The Labute approximate surface area is 433 Å². The van der Waals surface area contributed by atoms with E-state index in [1.807, 2.05) is 51.2 Å². The van der Waals surface area contributed by atoms with Crippen LogP contribution in [-0.4, -0.2) is 156 Å². The minimum Gasteiger partial charge on any atom is -0.460 e. The van der Waals surface area contributed by atoms with Gasteiger partial charge >= 0.3 is 11.9 Å². The van der Waals surface area contributed by atoms with E-state index in [0.29, 0.717) is 64.2 Å². The number of hydrogen-bond acceptors (Lipinski definition) is 16. The van der Waals surface area contributed by atoms with Gasteiger partial charge < -0.3 is 53.7 Å². The fraction of sp³-hybridized carbons (Fsp3) is 0.750. The van der Waals surface area contributed by atoms with Gasteiger partial charge in [0.15, 0.2) is 11.6 Å². The summed E-state index contributed by atoms with van der Waals surface area (Å²) >= 11 is 0. The molecule has 1 amide bonds. The molecule has 17 nitrogen and oxygen atoms in total. The minimum atomic E-state index is -2.47. The molecule has 3 fully saturated rings. The number of Topliss-reactive ketones (excluding diaryl/α,β-unsaturated/α-hetero) is 3. The number of carbonyl (C=O) groups is 6. The fourth-order valence-electron chi connectivity index (χ4n) is 10.7. The number of allylic oxidation sites excluding steroid dienone is 6. The second-order valence-corrected chi connectivity index (χ2v) is 21.9. The van der Waals surface area contributed by atoms with Gasteiger partial charge in [-0.25, -0.2) is 4.79 Å². The smallest absolute Gasteiger partial charge is 0.329 e. The van der Waals surface area contributed by atoms with Crippen molar-refractivity contribution in [1.29, 1.82) is 0 Å². The summed E-state index contributed by atoms with van der Waals surface area (Å²) < 4.78 is 35.4. The van der Waals surface area contributed by atoms with Gasteiger partial charge in [-0.15, -0.1) is 0 Å². The molecule has 2 unspecified atom stereocenters. The molecular formula is C56H87NO16. The number of rotatable bonds is 10. The molecule has 2 saturated heterocycles. The largest absolute Gasteiger partial charge is 0.460 e. The SMILES string of the molecule is CO[C@H]1C[C@@H]2CC[C@@H](C)[C@@](O)(O2)C(=O)C(=O)N2CCCC[C@H]2C(=O)O[C@H]([C@H](C)CC2CC[C@@H](OC(=O)C(C)(CO)CO)[C@H](OC)C2)CC(=O)/C(C)=C/C(C)[C@@H](O)[C@@H](OC)C(=O)[C@H](C)C[C@H](C)C=CC=CC=C1C. The fourth-order valence-corrected chi connectivity index (χ4v) is 10.7. The second kappa shape index (κ2) is 28.3. The quantitative estimate of drug-likeness (QED) is 0.151. The number of esters is 2. The van der Waals surface area contributed by atoms with Crippen molar-refractivity contribution in [1.82, 2.24) is 4.90 Å². The van der Waals surface area contributed by atoms with Gasteiger partial charge in [-0.05, 0) is 114 Å². The number of ketones is 3. The molecule has 73 heavy (non-hydrogen) atoms. The van der Waals surface area contributed by atoms with Gasteiger partial charge in [0, 0.05) is 58.5 Å². The first-order chi connectivity index (χ1) is 34.5. The van der Waals surface area contributed by atoms with Crippen molar-refractivity contribution in [3.05, 3.63) is 47.6 Å². The molecule has 1 aliphatic carbocycles. The normalized spacial score (nSPS) is 35.8. The van der Waals surface area contributed by atoms with Gasteiger partial charge in [-0.1, -0.05) is 71.1 Å². The number of methoxy groups -OCH3 is 3. The zero-order valence-corrected chi connectivity index (χ0v) is 45.3. The molecule has 4 rings (SSSR count). The molecule has 0 radical (unpaired) electrons. The standard InChI is InChI=1S/C56H87NO16/c1-33-17-13-12-14-18-34(2)45(68-9)29-41-22-20-39(7)56(67,73-41)51(63)52(64)57-24-16-15-19-42(57)53(65)71-46(30-43(60)35(3)26-38(6)49(62)50(70-11)48(61)37(5)25-33)36(4)27-40-21-23-44(47(28-40)69-10)72-54(66)55(8,31-58)32-59/h12-14,17-18,26,33,36-42,44-47,49-50,58-59,62,67H,15-16,19-25,27-32H2,1-11H3/b14-12?,17-13?,34-18?,35-26+/t33-,36-,37-,38?,39-,40?,41+,42+,44-,45+,46+,47-,49-,50+,56-/m1/s1. The Morgan fingerprint density at radius 2 is 1.58 bits per heavy atom. The number of piperidine rings is 1. The molecule has 15 atom stereocenters. The zero-order chi connectivity index (χ0) is 54.4. The van der Waals surface area contributed by atoms with E-state index < -0.39 is 120 Å². The van der Waals surface area contributed by atoms with Gasteiger partial charge in [0.05, 0.1) is 37.6 Å². The molecule has 3 aliphatic heterocycles. The lowest BCUT2D eigenvalue weighted by atomic mass is 9.78. The lowest BCUT2D eigenvalue weighted by Crippen LogP contribution is -2.61. The van der Waals surface area contributed by atoms with Gasteiger partial charge in [-0.2, -0.15) is 0 Å². The number of fused-ring (bicyclic) bond motifs is 3. The summed E-state index contributed by atoms with van der Waals surface area (Å²) in [5.41, 5.74) is -0.363. The van der Waals surface area contributed by atoms with Crippen LogP contribution in [0.4, 0.5) is 0 Å². The highest BCUT2D eigenvalue weighted by molar-refractivity contribution is 6.39. The number of amides is 1. The molecule has 1 saturated carbocycles. The van der Waals surface area contributed by atoms with Crippen molar-refractivity contribution in [2.24, 2.45) is 40.9 Å². The van der Waals surface area contributed by atoms with E-state index >= 15 is 0 Å². The Bertz CT molecular complexity index is 2010. The van der Waals surface area contributed by atoms with Crippen molar-refractivity contribution in [2.45, 2.75) is 187 Å². The molecule has 3 heterocycles. The number of aliphatic hydroxyl groups excluding tert-OH is 3. The lowest BCUT2D eigenvalue weighted by molar-refractivity contribution is -0.265. The molecule has 2 bridgehead atoms. The summed E-state index contributed by atoms with van der Waals surface area (Å²) in [6, 6.07) is -1.20. The Kier molecular flexibility index (Phi) is 23.9. The van der Waals surface area contributed by atoms with Crippen LogP contribution in [0.25, 0.3) is 0 Å². The molecule has 4 N–H and O–H groups in total. The third-order valence-electron chi connectivity index (χ3n) is 15.9. The molecule has 0 aromatic carbocycles. The first kappa shape index (κ1) is 61.6. The summed E-state index contributed by atoms with van der Waals surface area (Å²) in [7, 11) is 4.44. The number of nitrogens with zero attached hydrogens (tertiary/aromatic N) is 1. The minimum absolute atomic E-state index is 0.00428. The van der Waals surface area contributed by atoms with Crippen LogP contribution in [0.1, 0.15) is 132 Å². The van der Waals surface area contributed by atoms with Crippen LogP contribution < -0.4 is 0 Å². The molecule has 4 aliphatic rings. The molecular weight excluding hydrogens is 943 g/mol. The average molecular weight is 1030 g/mol. The lowest BCUT2D eigenvalue weighted by Gasteiger charge is -2.42. The molecule has 17 heteroatoms. The Hall–Kier alpha value is -3.94. The van der Waals surface area contributed by atoms with E-state index in [1.165, 1.54) is 21.1 Å². The Balaban J connectivity index is 1.69. The van der Waals surface area contributed by atoms with Crippen LogP contribution in [0, 0.1) is 40.9 Å². The number of aliphatic hydroxyl groups is 4. The van der Waals surface area contributed by atoms with E-state index in [9.17, 15) is 49.2 Å². The van der Waals surface area contributed by atoms with Crippen LogP contribution in [0.15, 0.2) is 47.6 Å². The Morgan fingerprint density at radius 1 is 0.877 bits per heavy atom. The highest BCUT2D eigenvalue weighted by Crippen LogP contribution is 2.38. The third kappa shape index (κ3) is 16.0. The monoisotopic (exact) mass is 1030 g/mol. The average Bonchev–Trinajstić information content (AvgIpc) is 3.37. The van der Waals surface area contributed by atoms with Crippen LogP contribution in [0.5, 0.6) is 0 Å². The van der Waals surface area contributed by atoms with Crippen molar-refractivity contribution in [3.8, 4) is 0 Å². The van der Waals surface area contributed by atoms with Crippen molar-refractivity contribution in [3.63, 3.8) is 0 Å². The van der Waals surface area contributed by atoms with E-state index in [4.69, 9.17) is 28.4 Å². The van der Waals surface area contributed by atoms with Gasteiger partial charge in [-0.3, -0.25) is 24.0 Å². The number of carbonyl (C=O) groups excluding carboxylic acids is 6. The summed E-state index contributed by atoms with van der Waals surface area (Å²) in [5.74, 6) is -9.33. The maximum absolute atomic E-state index is 14.5. The van der Waals surface area contributed by atoms with Crippen LogP contribution >= 0.6 is 0 Å². The zero-order valence-electron chi connectivity index (χ0n) is 45.3. The predicted molar refractivity (Wildman–Crippen MR) is 271 cm³/mol. The van der Waals surface area contributed by atoms with Gasteiger partial charge in [0.2, 0.25) is 5.79 Å². The molecule has 0 aromatic heterocycles. The van der Waals surface area contributed by atoms with Gasteiger partial charge in [0.25, 0.3) is 11.7 Å². The van der Waals surface area contributed by atoms with E-state index in [-0.39, 0.29) is 48.4 Å². The van der Waals surface area contributed by atoms with Gasteiger partial charge in [0.1, 0.15) is 29.8 Å². The highest BCUT2D eigenvalue weighted by Gasteiger charge is 2.53. The predicted octanol–water partition coefficient (Wildman–Crippen LogP) is 5.72. The second-order valence-electron chi connectivity index (χ2n) is 21.9. The molecule has 412 valence electrons. The first-order valence-corrected chi connectivity index (χ1v) is 26.4.